The predicted molar refractivity (Wildman–Crippen MR) is 47.8 cm³/mol. The quantitative estimate of drug-likeness (QED) is 0.652. The lowest BCUT2D eigenvalue weighted by Crippen LogP contribution is -2.29. The van der Waals surface area contributed by atoms with Crippen LogP contribution in [0.15, 0.2) is 11.8 Å². The Morgan fingerprint density at radius 2 is 2.58 bits per heavy atom. The maximum atomic E-state index is 9.55. The Hall–Kier alpha value is -0.540. The van der Waals surface area contributed by atoms with Crippen molar-refractivity contribution in [2.45, 2.75) is 25.9 Å². The van der Waals surface area contributed by atoms with Crippen LogP contribution in [0.2, 0.25) is 0 Å². The monoisotopic (exact) mass is 171 g/mol. The Morgan fingerprint density at radius 1 is 1.75 bits per heavy atom. The number of ether oxygens (including phenoxy) is 1. The van der Waals surface area contributed by atoms with Gasteiger partial charge in [-0.1, -0.05) is 6.92 Å². The first-order chi connectivity index (χ1) is 5.84. The van der Waals surface area contributed by atoms with Gasteiger partial charge in [0.05, 0.1) is 6.61 Å². The average molecular weight is 171 g/mol. The Morgan fingerprint density at radius 3 is 3.17 bits per heavy atom. The van der Waals surface area contributed by atoms with E-state index in [1.165, 1.54) is 0 Å². The molecule has 70 valence electrons. The minimum atomic E-state index is -0.467. The number of nitrogens with one attached hydrogen (secondary N) is 1. The molecule has 0 aliphatic carbocycles. The van der Waals surface area contributed by atoms with Gasteiger partial charge in [-0.2, -0.15) is 0 Å². The predicted octanol–water partition coefficient (Wildman–Crippen LogP) is 0.651. The molecular formula is C9H17NO2. The third-order valence-corrected chi connectivity index (χ3v) is 1.88. The lowest BCUT2D eigenvalue weighted by atomic mass is 10.2. The molecule has 3 heteroatoms. The van der Waals surface area contributed by atoms with Gasteiger partial charge in [0.15, 0.2) is 0 Å². The van der Waals surface area contributed by atoms with E-state index in [1.54, 1.807) is 0 Å². The molecule has 0 bridgehead atoms. The van der Waals surface area contributed by atoms with Crippen molar-refractivity contribution in [3.05, 3.63) is 11.8 Å². The van der Waals surface area contributed by atoms with Gasteiger partial charge in [-0.25, -0.2) is 0 Å². The fourth-order valence-electron chi connectivity index (χ4n) is 1.19. The van der Waals surface area contributed by atoms with E-state index in [9.17, 15) is 5.11 Å². The first-order valence-corrected chi connectivity index (χ1v) is 4.56. The van der Waals surface area contributed by atoms with Gasteiger partial charge in [0.25, 0.3) is 0 Å². The van der Waals surface area contributed by atoms with Gasteiger partial charge >= 0.3 is 0 Å². The van der Waals surface area contributed by atoms with Crippen LogP contribution in [0, 0.1) is 0 Å². The molecule has 1 heterocycles. The van der Waals surface area contributed by atoms with Crippen LogP contribution in [-0.2, 0) is 4.74 Å². The number of rotatable bonds is 4. The molecular weight excluding hydrogens is 154 g/mol. The highest BCUT2D eigenvalue weighted by molar-refractivity contribution is 5.02. The molecule has 0 radical (unpaired) electrons. The van der Waals surface area contributed by atoms with Gasteiger partial charge in [-0.05, 0) is 25.5 Å². The normalized spacial score (nSPS) is 19.7. The summed E-state index contributed by atoms with van der Waals surface area (Å²) < 4.78 is 5.31. The van der Waals surface area contributed by atoms with Crippen molar-refractivity contribution in [1.29, 1.82) is 0 Å². The van der Waals surface area contributed by atoms with Gasteiger partial charge in [0.2, 0.25) is 0 Å². The fraction of sp³-hybridized carbons (Fsp3) is 0.778. The molecule has 2 N–H and O–H groups in total. The molecule has 0 saturated heterocycles. The zero-order chi connectivity index (χ0) is 8.81. The minimum absolute atomic E-state index is 0.467. The van der Waals surface area contributed by atoms with Crippen molar-refractivity contribution in [3.63, 3.8) is 0 Å². The second-order valence-corrected chi connectivity index (χ2v) is 2.92. The highest BCUT2D eigenvalue weighted by Gasteiger charge is 2.13. The van der Waals surface area contributed by atoms with E-state index in [4.69, 9.17) is 4.74 Å². The molecule has 1 atom stereocenters. The molecule has 1 rings (SSSR count). The summed E-state index contributed by atoms with van der Waals surface area (Å²) in [5, 5.41) is 12.6. The maximum absolute atomic E-state index is 9.55. The molecule has 0 aromatic rings. The molecule has 0 saturated carbocycles. The summed E-state index contributed by atoms with van der Waals surface area (Å²) in [6.07, 6.45) is 3.60. The van der Waals surface area contributed by atoms with Crippen LogP contribution in [0.4, 0.5) is 0 Å². The van der Waals surface area contributed by atoms with Crippen LogP contribution in [-0.4, -0.2) is 30.9 Å². The van der Waals surface area contributed by atoms with Crippen LogP contribution in [0.25, 0.3) is 0 Å². The Bertz CT molecular complexity index is 157. The standard InChI is InChI=1S/C9H17NO2/c1-2-10-7-8(11)9-5-3-4-6-12-9/h5,8,10-11H,2-4,6-7H2,1H3. The van der Waals surface area contributed by atoms with Crippen molar-refractivity contribution in [2.24, 2.45) is 0 Å². The molecule has 3 nitrogen and oxygen atoms in total. The Labute approximate surface area is 73.4 Å². The molecule has 0 amide bonds. The van der Waals surface area contributed by atoms with Gasteiger partial charge in [0.1, 0.15) is 11.9 Å². The molecule has 1 unspecified atom stereocenters. The zero-order valence-electron chi connectivity index (χ0n) is 7.55. The van der Waals surface area contributed by atoms with E-state index in [1.807, 2.05) is 13.0 Å². The summed E-state index contributed by atoms with van der Waals surface area (Å²) in [5.74, 6) is 0.738. The average Bonchev–Trinajstić information content (AvgIpc) is 2.15. The number of hydrogen-bond donors (Lipinski definition) is 2. The highest BCUT2D eigenvalue weighted by atomic mass is 16.5. The van der Waals surface area contributed by atoms with Crippen molar-refractivity contribution in [1.82, 2.24) is 5.32 Å². The van der Waals surface area contributed by atoms with Gasteiger partial charge in [-0.15, -0.1) is 0 Å². The summed E-state index contributed by atoms with van der Waals surface area (Å²) in [5.41, 5.74) is 0. The lowest BCUT2D eigenvalue weighted by molar-refractivity contribution is 0.0914. The summed E-state index contributed by atoms with van der Waals surface area (Å²) in [4.78, 5) is 0. The molecule has 0 fully saturated rings. The van der Waals surface area contributed by atoms with E-state index in [0.29, 0.717) is 6.54 Å². The molecule has 12 heavy (non-hydrogen) atoms. The first-order valence-electron chi connectivity index (χ1n) is 4.56. The van der Waals surface area contributed by atoms with Crippen LogP contribution >= 0.6 is 0 Å². The largest absolute Gasteiger partial charge is 0.495 e. The molecule has 0 aromatic heterocycles. The topological polar surface area (TPSA) is 41.5 Å². The van der Waals surface area contributed by atoms with Crippen molar-refractivity contribution in [2.75, 3.05) is 19.7 Å². The van der Waals surface area contributed by atoms with Crippen LogP contribution in [0.3, 0.4) is 0 Å². The van der Waals surface area contributed by atoms with Crippen molar-refractivity contribution >= 4 is 0 Å². The zero-order valence-corrected chi connectivity index (χ0v) is 7.55. The fourth-order valence-corrected chi connectivity index (χ4v) is 1.19. The minimum Gasteiger partial charge on any atom is -0.495 e. The molecule has 1 aliphatic heterocycles. The van der Waals surface area contributed by atoms with Gasteiger partial charge in [0, 0.05) is 6.54 Å². The van der Waals surface area contributed by atoms with Crippen molar-refractivity contribution < 1.29 is 9.84 Å². The molecule has 0 aromatic carbocycles. The maximum Gasteiger partial charge on any atom is 0.123 e. The van der Waals surface area contributed by atoms with Gasteiger partial charge in [-0.3, -0.25) is 0 Å². The summed E-state index contributed by atoms with van der Waals surface area (Å²) >= 11 is 0. The number of aliphatic hydroxyl groups excluding tert-OH is 1. The summed E-state index contributed by atoms with van der Waals surface area (Å²) in [6, 6.07) is 0. The second-order valence-electron chi connectivity index (χ2n) is 2.92. The number of allylic oxidation sites excluding steroid dienone is 1. The van der Waals surface area contributed by atoms with Crippen LogP contribution in [0.1, 0.15) is 19.8 Å². The Kier molecular flexibility index (Phi) is 4.11. The van der Waals surface area contributed by atoms with E-state index in [0.717, 1.165) is 31.8 Å². The van der Waals surface area contributed by atoms with E-state index >= 15 is 0 Å². The molecule has 1 aliphatic rings. The number of likely N-dealkylation sites (N-methyl/N-ethyl adjacent to an activating group) is 1. The third-order valence-electron chi connectivity index (χ3n) is 1.88. The Balaban J connectivity index is 2.29. The second kappa shape index (κ2) is 5.17. The van der Waals surface area contributed by atoms with Crippen LogP contribution < -0.4 is 5.32 Å². The first kappa shape index (κ1) is 9.55. The van der Waals surface area contributed by atoms with Gasteiger partial charge < -0.3 is 15.2 Å². The highest BCUT2D eigenvalue weighted by Crippen LogP contribution is 2.12. The van der Waals surface area contributed by atoms with E-state index in [-0.39, 0.29) is 0 Å². The third kappa shape index (κ3) is 2.83. The SMILES string of the molecule is CCNCC(O)C1=CCCCO1. The summed E-state index contributed by atoms with van der Waals surface area (Å²) in [6.45, 7) is 4.23. The molecule has 0 spiro atoms. The number of aliphatic hydroxyl groups is 1. The van der Waals surface area contributed by atoms with E-state index in [2.05, 4.69) is 5.32 Å². The van der Waals surface area contributed by atoms with E-state index < -0.39 is 6.10 Å². The number of hydrogen-bond acceptors (Lipinski definition) is 3. The van der Waals surface area contributed by atoms with Crippen LogP contribution in [0.5, 0.6) is 0 Å². The summed E-state index contributed by atoms with van der Waals surface area (Å²) in [7, 11) is 0. The lowest BCUT2D eigenvalue weighted by Gasteiger charge is -2.19. The smallest absolute Gasteiger partial charge is 0.123 e. The van der Waals surface area contributed by atoms with Crippen molar-refractivity contribution in [3.8, 4) is 0 Å².